The number of aliphatic hydroxyl groups excluding tert-OH is 1. The van der Waals surface area contributed by atoms with Crippen LogP contribution in [0.3, 0.4) is 0 Å². The normalized spacial score (nSPS) is 14.1. The smallest absolute Gasteiger partial charge is 0.264 e. The number of hydrogen-bond donors (Lipinski definition) is 2. The lowest BCUT2D eigenvalue weighted by atomic mass is 10.3. The van der Waals surface area contributed by atoms with Gasteiger partial charge in [0.05, 0.1) is 11.8 Å². The molecule has 0 fully saturated rings. The topological polar surface area (TPSA) is 98.4 Å². The van der Waals surface area contributed by atoms with E-state index in [-0.39, 0.29) is 6.42 Å². The van der Waals surface area contributed by atoms with Crippen LogP contribution >= 0.6 is 0 Å². The molecule has 0 aliphatic heterocycles. The minimum absolute atomic E-state index is 0.255. The van der Waals surface area contributed by atoms with Crippen molar-refractivity contribution in [1.29, 1.82) is 5.26 Å². The molecule has 0 aliphatic rings. The Labute approximate surface area is 58.6 Å². The summed E-state index contributed by atoms with van der Waals surface area (Å²) in [7, 11) is -4.04. The van der Waals surface area contributed by atoms with E-state index in [0.29, 0.717) is 0 Å². The highest BCUT2D eigenvalue weighted by Gasteiger charge is 2.08. The molecule has 0 aromatic carbocycles. The number of nitriles is 1. The second-order valence-electron chi connectivity index (χ2n) is 1.72. The van der Waals surface area contributed by atoms with E-state index in [1.165, 1.54) is 6.07 Å². The maximum absolute atomic E-state index is 9.99. The van der Waals surface area contributed by atoms with Crippen LogP contribution in [-0.4, -0.2) is 29.9 Å². The number of aliphatic hydroxyl groups is 1. The van der Waals surface area contributed by atoms with Gasteiger partial charge < -0.3 is 5.11 Å². The third-order valence-corrected chi connectivity index (χ3v) is 1.55. The lowest BCUT2D eigenvalue weighted by Gasteiger charge is -1.96. The maximum atomic E-state index is 9.99. The average molecular weight is 165 g/mol. The SMILES string of the molecule is N#CC(O)CCS(=O)(=O)O. The molecule has 0 aromatic rings. The summed E-state index contributed by atoms with van der Waals surface area (Å²) in [6.07, 6.45) is -1.57. The molecule has 5 nitrogen and oxygen atoms in total. The van der Waals surface area contributed by atoms with Crippen molar-refractivity contribution in [2.45, 2.75) is 12.5 Å². The molecule has 58 valence electrons. The van der Waals surface area contributed by atoms with Crippen LogP contribution < -0.4 is 0 Å². The van der Waals surface area contributed by atoms with Gasteiger partial charge in [0.25, 0.3) is 10.1 Å². The van der Waals surface area contributed by atoms with E-state index in [0.717, 1.165) is 0 Å². The Balaban J connectivity index is 3.70. The van der Waals surface area contributed by atoms with E-state index in [9.17, 15) is 8.42 Å². The van der Waals surface area contributed by atoms with Crippen molar-refractivity contribution in [3.63, 3.8) is 0 Å². The Morgan fingerprint density at radius 1 is 1.60 bits per heavy atom. The summed E-state index contributed by atoms with van der Waals surface area (Å²) in [5.74, 6) is -0.582. The van der Waals surface area contributed by atoms with Crippen molar-refractivity contribution in [2.24, 2.45) is 0 Å². The lowest BCUT2D eigenvalue weighted by Crippen LogP contribution is -2.12. The van der Waals surface area contributed by atoms with Crippen LogP contribution in [0.1, 0.15) is 6.42 Å². The zero-order valence-electron chi connectivity index (χ0n) is 5.06. The summed E-state index contributed by atoms with van der Waals surface area (Å²) in [5.41, 5.74) is 0. The van der Waals surface area contributed by atoms with Crippen molar-refractivity contribution in [2.75, 3.05) is 5.75 Å². The van der Waals surface area contributed by atoms with E-state index in [1.54, 1.807) is 0 Å². The maximum Gasteiger partial charge on any atom is 0.264 e. The summed E-state index contributed by atoms with van der Waals surface area (Å²) in [5, 5.41) is 16.4. The fourth-order valence-corrected chi connectivity index (χ4v) is 0.846. The summed E-state index contributed by atoms with van der Waals surface area (Å²) in [6.45, 7) is 0. The number of hydrogen-bond acceptors (Lipinski definition) is 4. The van der Waals surface area contributed by atoms with Gasteiger partial charge in [0.15, 0.2) is 0 Å². The van der Waals surface area contributed by atoms with Gasteiger partial charge in [-0.25, -0.2) is 0 Å². The number of rotatable bonds is 3. The van der Waals surface area contributed by atoms with Crippen molar-refractivity contribution >= 4 is 10.1 Å². The monoisotopic (exact) mass is 165 g/mol. The van der Waals surface area contributed by atoms with Gasteiger partial charge in [-0.05, 0) is 0 Å². The Kier molecular flexibility index (Phi) is 3.28. The molecule has 10 heavy (non-hydrogen) atoms. The zero-order valence-corrected chi connectivity index (χ0v) is 5.87. The summed E-state index contributed by atoms with van der Waals surface area (Å²) in [4.78, 5) is 0. The second kappa shape index (κ2) is 3.51. The molecular formula is C4H7NO4S. The first-order chi connectivity index (χ1) is 4.45. The van der Waals surface area contributed by atoms with Crippen LogP contribution in [-0.2, 0) is 10.1 Å². The Hall–Kier alpha value is -0.640. The van der Waals surface area contributed by atoms with E-state index in [4.69, 9.17) is 14.9 Å². The molecule has 6 heteroatoms. The summed E-state index contributed by atoms with van der Waals surface area (Å²) in [6, 6.07) is 1.42. The molecule has 0 rings (SSSR count). The predicted molar refractivity (Wildman–Crippen MR) is 32.7 cm³/mol. The van der Waals surface area contributed by atoms with Crippen LogP contribution in [0.2, 0.25) is 0 Å². The third-order valence-electron chi connectivity index (χ3n) is 0.798. The van der Waals surface area contributed by atoms with Gasteiger partial charge in [0.2, 0.25) is 0 Å². The minimum atomic E-state index is -4.04. The van der Waals surface area contributed by atoms with Gasteiger partial charge in [0, 0.05) is 6.42 Å². The Morgan fingerprint density at radius 3 is 2.40 bits per heavy atom. The van der Waals surface area contributed by atoms with E-state index < -0.39 is 22.0 Å². The van der Waals surface area contributed by atoms with Gasteiger partial charge >= 0.3 is 0 Å². The molecule has 0 saturated carbocycles. The van der Waals surface area contributed by atoms with E-state index >= 15 is 0 Å². The van der Waals surface area contributed by atoms with Gasteiger partial charge in [-0.15, -0.1) is 0 Å². The van der Waals surface area contributed by atoms with Crippen molar-refractivity contribution in [3.8, 4) is 6.07 Å². The van der Waals surface area contributed by atoms with Gasteiger partial charge in [-0.3, -0.25) is 4.55 Å². The van der Waals surface area contributed by atoms with Crippen molar-refractivity contribution < 1.29 is 18.1 Å². The average Bonchev–Trinajstić information content (AvgIpc) is 1.81. The van der Waals surface area contributed by atoms with Crippen LogP contribution in [0.25, 0.3) is 0 Å². The quantitative estimate of drug-likeness (QED) is 0.419. The highest BCUT2D eigenvalue weighted by atomic mass is 32.2. The van der Waals surface area contributed by atoms with Gasteiger partial charge in [-0.1, -0.05) is 0 Å². The molecule has 0 aromatic heterocycles. The fourth-order valence-electron chi connectivity index (χ4n) is 0.325. The summed E-state index contributed by atoms with van der Waals surface area (Å²) < 4.78 is 28.1. The van der Waals surface area contributed by atoms with Crippen molar-refractivity contribution in [3.05, 3.63) is 0 Å². The van der Waals surface area contributed by atoms with Crippen LogP contribution in [0.5, 0.6) is 0 Å². The standard InChI is InChI=1S/C4H7NO4S/c5-3-4(6)1-2-10(7,8)9/h4,6H,1-2H2,(H,7,8,9). The molecule has 0 aliphatic carbocycles. The predicted octanol–water partition coefficient (Wildman–Crippen LogP) is -0.851. The molecule has 1 unspecified atom stereocenters. The first-order valence-corrected chi connectivity index (χ1v) is 4.09. The molecule has 2 N–H and O–H groups in total. The zero-order chi connectivity index (χ0) is 8.20. The first-order valence-electron chi connectivity index (χ1n) is 2.48. The highest BCUT2D eigenvalue weighted by Crippen LogP contribution is 1.93. The van der Waals surface area contributed by atoms with Crippen LogP contribution in [0, 0.1) is 11.3 Å². The van der Waals surface area contributed by atoms with Crippen LogP contribution in [0.4, 0.5) is 0 Å². The third kappa shape index (κ3) is 5.50. The Morgan fingerprint density at radius 2 is 2.10 bits per heavy atom. The molecule has 0 radical (unpaired) electrons. The fraction of sp³-hybridized carbons (Fsp3) is 0.750. The summed E-state index contributed by atoms with van der Waals surface area (Å²) >= 11 is 0. The second-order valence-corrected chi connectivity index (χ2v) is 3.29. The molecule has 1 atom stereocenters. The van der Waals surface area contributed by atoms with E-state index in [2.05, 4.69) is 0 Å². The van der Waals surface area contributed by atoms with Gasteiger partial charge in [0.1, 0.15) is 6.10 Å². The molecule has 0 heterocycles. The molecule has 0 saturated heterocycles. The van der Waals surface area contributed by atoms with Crippen LogP contribution in [0.15, 0.2) is 0 Å². The van der Waals surface area contributed by atoms with Crippen molar-refractivity contribution in [1.82, 2.24) is 0 Å². The Bertz CT molecular complexity index is 226. The lowest BCUT2D eigenvalue weighted by molar-refractivity contribution is 0.226. The van der Waals surface area contributed by atoms with Gasteiger partial charge in [-0.2, -0.15) is 13.7 Å². The first kappa shape index (κ1) is 9.36. The van der Waals surface area contributed by atoms with E-state index in [1.807, 2.05) is 0 Å². The largest absolute Gasteiger partial charge is 0.378 e. The molecule has 0 amide bonds. The number of nitrogens with zero attached hydrogens (tertiary/aromatic N) is 1. The highest BCUT2D eigenvalue weighted by molar-refractivity contribution is 7.85. The molecular weight excluding hydrogens is 158 g/mol. The minimum Gasteiger partial charge on any atom is -0.378 e. The molecule has 0 bridgehead atoms. The molecule has 0 spiro atoms.